The number of carbonyl (C=O) groups is 1. The van der Waals surface area contributed by atoms with Gasteiger partial charge in [-0.05, 0) is 48.4 Å². The molecule has 138 valence electrons. The van der Waals surface area contributed by atoms with Crippen molar-refractivity contribution in [2.75, 3.05) is 31.1 Å². The van der Waals surface area contributed by atoms with Crippen LogP contribution in [-0.2, 0) is 11.2 Å². The van der Waals surface area contributed by atoms with Crippen LogP contribution in [0.2, 0.25) is 10.0 Å². The van der Waals surface area contributed by atoms with Gasteiger partial charge in [0.1, 0.15) is 5.82 Å². The van der Waals surface area contributed by atoms with E-state index >= 15 is 0 Å². The lowest BCUT2D eigenvalue weighted by molar-refractivity contribution is -0.132. The van der Waals surface area contributed by atoms with Crippen molar-refractivity contribution in [1.29, 1.82) is 0 Å². The van der Waals surface area contributed by atoms with Crippen LogP contribution in [0.25, 0.3) is 0 Å². The number of nitrogens with zero attached hydrogens (tertiary/aromatic N) is 2. The zero-order chi connectivity index (χ0) is 18.7. The van der Waals surface area contributed by atoms with Crippen molar-refractivity contribution in [3.8, 4) is 0 Å². The molecule has 1 aliphatic rings. The Morgan fingerprint density at radius 1 is 1.08 bits per heavy atom. The summed E-state index contributed by atoms with van der Waals surface area (Å²) in [5.74, 6) is -0.343. The molecule has 1 fully saturated rings. The van der Waals surface area contributed by atoms with Crippen LogP contribution < -0.4 is 10.6 Å². The monoisotopic (exact) mass is 395 g/mol. The minimum absolute atomic E-state index is 0.0882. The van der Waals surface area contributed by atoms with Crippen LogP contribution in [0.4, 0.5) is 10.1 Å². The van der Waals surface area contributed by atoms with Crippen LogP contribution in [0.15, 0.2) is 42.5 Å². The van der Waals surface area contributed by atoms with Crippen molar-refractivity contribution in [3.05, 3.63) is 63.9 Å². The van der Waals surface area contributed by atoms with E-state index in [0.717, 1.165) is 11.3 Å². The summed E-state index contributed by atoms with van der Waals surface area (Å²) in [7, 11) is 0. The van der Waals surface area contributed by atoms with Crippen molar-refractivity contribution < 1.29 is 9.18 Å². The second-order valence-electron chi connectivity index (χ2n) is 6.34. The van der Waals surface area contributed by atoms with Crippen LogP contribution in [0.1, 0.15) is 5.56 Å². The first-order valence-corrected chi connectivity index (χ1v) is 9.18. The molecule has 1 unspecified atom stereocenters. The van der Waals surface area contributed by atoms with Crippen molar-refractivity contribution in [2.24, 2.45) is 5.73 Å². The molecule has 0 aromatic heterocycles. The van der Waals surface area contributed by atoms with E-state index in [1.807, 2.05) is 0 Å². The number of benzene rings is 2. The molecule has 0 aliphatic carbocycles. The zero-order valence-corrected chi connectivity index (χ0v) is 15.7. The summed E-state index contributed by atoms with van der Waals surface area (Å²) in [6.07, 6.45) is 0.368. The standard InChI is InChI=1S/C19H20Cl2FN3O/c20-14-2-1-13(17(21)12-14)11-18(23)19(26)25-9-7-24(8-10-25)16-5-3-15(22)4-6-16/h1-6,12,18H,7-11,23H2. The van der Waals surface area contributed by atoms with Gasteiger partial charge in [0.05, 0.1) is 6.04 Å². The molecule has 0 bridgehead atoms. The highest BCUT2D eigenvalue weighted by Gasteiger charge is 2.26. The largest absolute Gasteiger partial charge is 0.368 e. The van der Waals surface area contributed by atoms with Gasteiger partial charge in [-0.2, -0.15) is 0 Å². The van der Waals surface area contributed by atoms with E-state index < -0.39 is 6.04 Å². The molecular weight excluding hydrogens is 376 g/mol. The maximum absolute atomic E-state index is 13.0. The maximum atomic E-state index is 13.0. The Hall–Kier alpha value is -1.82. The third-order valence-electron chi connectivity index (χ3n) is 4.56. The quantitative estimate of drug-likeness (QED) is 0.863. The molecule has 0 radical (unpaired) electrons. The number of hydrogen-bond donors (Lipinski definition) is 1. The van der Waals surface area contributed by atoms with Crippen molar-refractivity contribution in [1.82, 2.24) is 4.90 Å². The van der Waals surface area contributed by atoms with Crippen LogP contribution in [0, 0.1) is 5.82 Å². The Morgan fingerprint density at radius 3 is 2.35 bits per heavy atom. The summed E-state index contributed by atoms with van der Waals surface area (Å²) in [4.78, 5) is 16.5. The normalized spacial score (nSPS) is 15.8. The molecule has 3 rings (SSSR count). The lowest BCUT2D eigenvalue weighted by Crippen LogP contribution is -2.53. The van der Waals surface area contributed by atoms with E-state index in [1.165, 1.54) is 12.1 Å². The Labute approximate surface area is 162 Å². The van der Waals surface area contributed by atoms with Crippen LogP contribution in [0.3, 0.4) is 0 Å². The van der Waals surface area contributed by atoms with Gasteiger partial charge in [-0.1, -0.05) is 29.3 Å². The first-order valence-electron chi connectivity index (χ1n) is 8.43. The fourth-order valence-electron chi connectivity index (χ4n) is 3.08. The summed E-state index contributed by atoms with van der Waals surface area (Å²) in [5, 5.41) is 1.07. The number of hydrogen-bond acceptors (Lipinski definition) is 3. The third-order valence-corrected chi connectivity index (χ3v) is 5.14. The van der Waals surface area contributed by atoms with E-state index in [2.05, 4.69) is 4.90 Å². The number of piperazine rings is 1. The smallest absolute Gasteiger partial charge is 0.239 e. The molecule has 2 N–H and O–H groups in total. The molecule has 1 aliphatic heterocycles. The molecule has 0 spiro atoms. The lowest BCUT2D eigenvalue weighted by Gasteiger charge is -2.37. The Kier molecular flexibility index (Phi) is 6.01. The number of anilines is 1. The SMILES string of the molecule is NC(Cc1ccc(Cl)cc1Cl)C(=O)N1CCN(c2ccc(F)cc2)CC1. The van der Waals surface area contributed by atoms with Gasteiger partial charge in [-0.3, -0.25) is 4.79 Å². The summed E-state index contributed by atoms with van der Waals surface area (Å²) in [6.45, 7) is 2.54. The zero-order valence-electron chi connectivity index (χ0n) is 14.2. The number of rotatable bonds is 4. The van der Waals surface area contributed by atoms with Crippen molar-refractivity contribution >= 4 is 34.8 Å². The van der Waals surface area contributed by atoms with E-state index in [4.69, 9.17) is 28.9 Å². The highest BCUT2D eigenvalue weighted by molar-refractivity contribution is 6.35. The van der Waals surface area contributed by atoms with E-state index in [1.54, 1.807) is 35.2 Å². The second-order valence-corrected chi connectivity index (χ2v) is 7.18. The van der Waals surface area contributed by atoms with E-state index in [9.17, 15) is 9.18 Å². The van der Waals surface area contributed by atoms with Gasteiger partial charge in [0.15, 0.2) is 0 Å². The Bertz CT molecular complexity index is 777. The van der Waals surface area contributed by atoms with Gasteiger partial charge in [0, 0.05) is 41.9 Å². The predicted octanol–water partition coefficient (Wildman–Crippen LogP) is 3.35. The average molecular weight is 396 g/mol. The van der Waals surface area contributed by atoms with Gasteiger partial charge >= 0.3 is 0 Å². The number of carbonyl (C=O) groups excluding carboxylic acids is 1. The summed E-state index contributed by atoms with van der Waals surface area (Å²) >= 11 is 12.1. The Balaban J connectivity index is 1.56. The molecule has 26 heavy (non-hydrogen) atoms. The third kappa shape index (κ3) is 4.47. The van der Waals surface area contributed by atoms with Gasteiger partial charge in [0.2, 0.25) is 5.91 Å². The number of halogens is 3. The summed E-state index contributed by atoms with van der Waals surface area (Å²) in [5.41, 5.74) is 7.87. The summed E-state index contributed by atoms with van der Waals surface area (Å²) in [6, 6.07) is 10.9. The van der Waals surface area contributed by atoms with Gasteiger partial charge in [0.25, 0.3) is 0 Å². The predicted molar refractivity (Wildman–Crippen MR) is 103 cm³/mol. The van der Waals surface area contributed by atoms with Gasteiger partial charge in [-0.25, -0.2) is 4.39 Å². The average Bonchev–Trinajstić information content (AvgIpc) is 2.64. The molecule has 0 saturated carbocycles. The summed E-state index contributed by atoms with van der Waals surface area (Å²) < 4.78 is 13.0. The molecule has 2 aromatic rings. The van der Waals surface area contributed by atoms with Crippen molar-refractivity contribution in [2.45, 2.75) is 12.5 Å². The van der Waals surface area contributed by atoms with Gasteiger partial charge in [-0.15, -0.1) is 0 Å². The first-order chi connectivity index (χ1) is 12.4. The molecule has 1 saturated heterocycles. The molecular formula is C19H20Cl2FN3O. The number of nitrogens with two attached hydrogens (primary N) is 1. The molecule has 7 heteroatoms. The van der Waals surface area contributed by atoms with Gasteiger partial charge < -0.3 is 15.5 Å². The fourth-order valence-corrected chi connectivity index (χ4v) is 3.57. The van der Waals surface area contributed by atoms with E-state index in [0.29, 0.717) is 42.6 Å². The highest BCUT2D eigenvalue weighted by atomic mass is 35.5. The Morgan fingerprint density at radius 2 is 1.73 bits per heavy atom. The molecule has 1 atom stereocenters. The van der Waals surface area contributed by atoms with Crippen LogP contribution in [-0.4, -0.2) is 43.0 Å². The molecule has 2 aromatic carbocycles. The maximum Gasteiger partial charge on any atom is 0.239 e. The molecule has 1 amide bonds. The minimum Gasteiger partial charge on any atom is -0.368 e. The lowest BCUT2D eigenvalue weighted by atomic mass is 10.0. The minimum atomic E-state index is -0.647. The van der Waals surface area contributed by atoms with Crippen molar-refractivity contribution in [3.63, 3.8) is 0 Å². The first kappa shape index (κ1) is 19.0. The highest BCUT2D eigenvalue weighted by Crippen LogP contribution is 2.22. The van der Waals surface area contributed by atoms with Crippen LogP contribution in [0.5, 0.6) is 0 Å². The topological polar surface area (TPSA) is 49.6 Å². The molecule has 4 nitrogen and oxygen atoms in total. The molecule has 1 heterocycles. The fraction of sp³-hybridized carbons (Fsp3) is 0.316. The number of amides is 1. The van der Waals surface area contributed by atoms with Crippen LogP contribution >= 0.6 is 23.2 Å². The second kappa shape index (κ2) is 8.25. The van der Waals surface area contributed by atoms with E-state index in [-0.39, 0.29) is 11.7 Å².